The number of hydrogen-bond acceptors (Lipinski definition) is 6. The van der Waals surface area contributed by atoms with E-state index in [0.717, 1.165) is 12.8 Å². The molecule has 2 fully saturated rings. The number of carbonyl (C=O) groups excluding carboxylic acids is 3. The Morgan fingerprint density at radius 1 is 1.12 bits per heavy atom. The number of hydrogen-bond donors (Lipinski definition) is 1. The Morgan fingerprint density at radius 2 is 1.88 bits per heavy atom. The quantitative estimate of drug-likeness (QED) is 0.571. The Hall–Kier alpha value is -2.81. The molecule has 9 nitrogen and oxygen atoms in total. The zero-order valence-corrected chi connectivity index (χ0v) is 19.1. The van der Waals surface area contributed by atoms with E-state index in [1.165, 1.54) is 7.11 Å². The second kappa shape index (κ2) is 11.2. The van der Waals surface area contributed by atoms with Crippen molar-refractivity contribution in [3.05, 3.63) is 23.8 Å². The molecular weight excluding hydrogens is 414 g/mol. The molecule has 0 aliphatic carbocycles. The van der Waals surface area contributed by atoms with Crippen molar-refractivity contribution in [2.75, 3.05) is 60.7 Å². The summed E-state index contributed by atoms with van der Waals surface area (Å²) >= 11 is 0. The van der Waals surface area contributed by atoms with Crippen LogP contribution in [0.3, 0.4) is 0 Å². The molecule has 0 saturated carbocycles. The average molecular weight is 448 g/mol. The maximum atomic E-state index is 13.0. The van der Waals surface area contributed by atoms with Gasteiger partial charge in [-0.25, -0.2) is 0 Å². The van der Waals surface area contributed by atoms with Gasteiger partial charge in [-0.1, -0.05) is 6.07 Å². The summed E-state index contributed by atoms with van der Waals surface area (Å²) in [7, 11) is 4.66. The number of rotatable bonds is 9. The number of ether oxygens (including phenoxy) is 3. The van der Waals surface area contributed by atoms with Crippen molar-refractivity contribution >= 4 is 17.7 Å². The van der Waals surface area contributed by atoms with Gasteiger partial charge in [0, 0.05) is 46.3 Å². The van der Waals surface area contributed by atoms with Gasteiger partial charge in [-0.2, -0.15) is 0 Å². The number of benzene rings is 1. The minimum Gasteiger partial charge on any atom is -0.493 e. The van der Waals surface area contributed by atoms with Gasteiger partial charge in [0.05, 0.1) is 32.3 Å². The van der Waals surface area contributed by atoms with E-state index in [1.54, 1.807) is 37.3 Å². The first kappa shape index (κ1) is 23.8. The Kier molecular flexibility index (Phi) is 8.33. The zero-order chi connectivity index (χ0) is 23.1. The second-order valence-corrected chi connectivity index (χ2v) is 8.26. The van der Waals surface area contributed by atoms with Crippen LogP contribution < -0.4 is 14.8 Å². The van der Waals surface area contributed by atoms with Gasteiger partial charge in [-0.05, 0) is 30.9 Å². The van der Waals surface area contributed by atoms with Crippen LogP contribution in [0.1, 0.15) is 29.6 Å². The van der Waals surface area contributed by atoms with Crippen LogP contribution in [0.15, 0.2) is 18.2 Å². The Morgan fingerprint density at radius 3 is 2.53 bits per heavy atom. The Balaban J connectivity index is 1.51. The van der Waals surface area contributed by atoms with Crippen LogP contribution in [0.5, 0.6) is 11.5 Å². The summed E-state index contributed by atoms with van der Waals surface area (Å²) in [6.45, 7) is 3.22. The molecule has 2 saturated heterocycles. The highest BCUT2D eigenvalue weighted by Crippen LogP contribution is 2.32. The van der Waals surface area contributed by atoms with E-state index in [1.807, 2.05) is 4.90 Å². The fraction of sp³-hybridized carbons (Fsp3) is 0.609. The van der Waals surface area contributed by atoms with Gasteiger partial charge in [0.1, 0.15) is 0 Å². The predicted molar refractivity (Wildman–Crippen MR) is 118 cm³/mol. The number of amides is 3. The van der Waals surface area contributed by atoms with Gasteiger partial charge in [0.25, 0.3) is 5.91 Å². The van der Waals surface area contributed by atoms with E-state index in [0.29, 0.717) is 62.3 Å². The Labute approximate surface area is 189 Å². The molecule has 3 amide bonds. The van der Waals surface area contributed by atoms with Gasteiger partial charge < -0.3 is 29.3 Å². The van der Waals surface area contributed by atoms with Gasteiger partial charge >= 0.3 is 0 Å². The number of nitrogens with one attached hydrogen (secondary N) is 1. The summed E-state index contributed by atoms with van der Waals surface area (Å²) in [5.74, 6) is 0.833. The second-order valence-electron chi connectivity index (χ2n) is 8.26. The van der Waals surface area contributed by atoms with Crippen LogP contribution in [0, 0.1) is 11.8 Å². The third kappa shape index (κ3) is 5.51. The van der Waals surface area contributed by atoms with E-state index in [9.17, 15) is 14.4 Å². The number of likely N-dealkylation sites (tertiary alicyclic amines) is 2. The lowest BCUT2D eigenvalue weighted by Gasteiger charge is -2.34. The molecule has 32 heavy (non-hydrogen) atoms. The maximum Gasteiger partial charge on any atom is 0.257 e. The first-order chi connectivity index (χ1) is 15.5. The highest BCUT2D eigenvalue weighted by molar-refractivity contribution is 5.98. The first-order valence-corrected chi connectivity index (χ1v) is 11.0. The third-order valence-corrected chi connectivity index (χ3v) is 6.20. The molecule has 2 heterocycles. The maximum absolute atomic E-state index is 13.0. The summed E-state index contributed by atoms with van der Waals surface area (Å²) in [6, 6.07) is 5.29. The summed E-state index contributed by atoms with van der Waals surface area (Å²) in [5, 5.41) is 2.82. The summed E-state index contributed by atoms with van der Waals surface area (Å²) in [4.78, 5) is 41.3. The number of carbonyl (C=O) groups is 3. The lowest BCUT2D eigenvalue weighted by atomic mass is 9.95. The van der Waals surface area contributed by atoms with Crippen molar-refractivity contribution < 1.29 is 28.6 Å². The molecule has 1 N–H and O–H groups in total. The number of methoxy groups -OCH3 is 3. The lowest BCUT2D eigenvalue weighted by molar-refractivity contribution is -0.129. The molecule has 0 spiro atoms. The molecule has 2 aliphatic heterocycles. The van der Waals surface area contributed by atoms with E-state index < -0.39 is 0 Å². The van der Waals surface area contributed by atoms with Crippen LogP contribution in [-0.2, 0) is 14.3 Å². The van der Waals surface area contributed by atoms with Crippen molar-refractivity contribution in [1.29, 1.82) is 0 Å². The molecule has 2 aliphatic rings. The minimum atomic E-state index is -0.304. The topological polar surface area (TPSA) is 97.4 Å². The van der Waals surface area contributed by atoms with E-state index in [4.69, 9.17) is 14.2 Å². The number of para-hydroxylation sites is 1. The largest absolute Gasteiger partial charge is 0.493 e. The SMILES string of the molecule is COCCNC(=O)C1CC(=O)N(CC2CCN(C(=O)c3cccc(OC)c3OC)CC2)C1. The average Bonchev–Trinajstić information content (AvgIpc) is 3.18. The molecule has 1 unspecified atom stereocenters. The van der Waals surface area contributed by atoms with Crippen LogP contribution >= 0.6 is 0 Å². The molecule has 1 aromatic carbocycles. The molecule has 1 atom stereocenters. The highest BCUT2D eigenvalue weighted by atomic mass is 16.5. The van der Waals surface area contributed by atoms with Crippen LogP contribution in [0.4, 0.5) is 0 Å². The van der Waals surface area contributed by atoms with Gasteiger partial charge in [0.2, 0.25) is 11.8 Å². The lowest BCUT2D eigenvalue weighted by Crippen LogP contribution is -2.42. The third-order valence-electron chi connectivity index (χ3n) is 6.20. The first-order valence-electron chi connectivity index (χ1n) is 11.0. The van der Waals surface area contributed by atoms with E-state index in [2.05, 4.69) is 5.32 Å². The standard InChI is InChI=1S/C23H33N3O6/c1-30-12-9-24-22(28)17-13-20(27)26(15-17)14-16-7-10-25(11-8-16)23(29)18-5-4-6-19(31-2)21(18)32-3/h4-6,16-17H,7-15H2,1-3H3,(H,24,28). The molecular formula is C23H33N3O6. The zero-order valence-electron chi connectivity index (χ0n) is 19.1. The summed E-state index contributed by atoms with van der Waals surface area (Å²) in [5.41, 5.74) is 0.488. The van der Waals surface area contributed by atoms with E-state index >= 15 is 0 Å². The van der Waals surface area contributed by atoms with Crippen molar-refractivity contribution in [1.82, 2.24) is 15.1 Å². The van der Waals surface area contributed by atoms with Crippen LogP contribution in [-0.4, -0.2) is 88.2 Å². The Bertz CT molecular complexity index is 822. The van der Waals surface area contributed by atoms with Gasteiger partial charge in [0.15, 0.2) is 11.5 Å². The molecule has 0 aromatic heterocycles. The molecule has 0 radical (unpaired) electrons. The van der Waals surface area contributed by atoms with Crippen LogP contribution in [0.2, 0.25) is 0 Å². The molecule has 3 rings (SSSR count). The van der Waals surface area contributed by atoms with Crippen molar-refractivity contribution in [3.8, 4) is 11.5 Å². The fourth-order valence-corrected chi connectivity index (χ4v) is 4.40. The normalized spacial score (nSPS) is 19.2. The summed E-state index contributed by atoms with van der Waals surface area (Å²) in [6.07, 6.45) is 1.88. The van der Waals surface area contributed by atoms with Gasteiger partial charge in [-0.3, -0.25) is 14.4 Å². The molecule has 176 valence electrons. The highest BCUT2D eigenvalue weighted by Gasteiger charge is 2.36. The monoisotopic (exact) mass is 447 g/mol. The smallest absolute Gasteiger partial charge is 0.257 e. The van der Waals surface area contributed by atoms with E-state index in [-0.39, 0.29) is 30.1 Å². The minimum absolute atomic E-state index is 0.0246. The molecule has 1 aromatic rings. The molecule has 9 heteroatoms. The fourth-order valence-electron chi connectivity index (χ4n) is 4.40. The van der Waals surface area contributed by atoms with Gasteiger partial charge in [-0.15, -0.1) is 0 Å². The summed E-state index contributed by atoms with van der Waals surface area (Å²) < 4.78 is 15.6. The number of piperidine rings is 1. The molecule has 0 bridgehead atoms. The predicted octanol–water partition coefficient (Wildman–Crippen LogP) is 1.17. The van der Waals surface area contributed by atoms with Crippen LogP contribution in [0.25, 0.3) is 0 Å². The van der Waals surface area contributed by atoms with Crippen molar-refractivity contribution in [2.24, 2.45) is 11.8 Å². The number of nitrogens with zero attached hydrogens (tertiary/aromatic N) is 2. The van der Waals surface area contributed by atoms with Crippen molar-refractivity contribution in [3.63, 3.8) is 0 Å². The van der Waals surface area contributed by atoms with Crippen molar-refractivity contribution in [2.45, 2.75) is 19.3 Å².